The molecule has 2 aromatic carbocycles. The number of anilines is 2. The van der Waals surface area contributed by atoms with E-state index >= 15 is 0 Å². The van der Waals surface area contributed by atoms with Crippen molar-refractivity contribution in [1.29, 1.82) is 0 Å². The molecule has 0 N–H and O–H groups in total. The van der Waals surface area contributed by atoms with E-state index in [1.807, 2.05) is 61.0 Å². The number of non-ortho nitro benzene ring substituents is 1. The Morgan fingerprint density at radius 3 is 2.00 bits per heavy atom. The molecular formula is C23H23N7O2. The van der Waals surface area contributed by atoms with Crippen LogP contribution < -0.4 is 9.80 Å². The summed E-state index contributed by atoms with van der Waals surface area (Å²) >= 11 is 0. The summed E-state index contributed by atoms with van der Waals surface area (Å²) in [6.45, 7) is 7.08. The molecule has 1 aliphatic rings. The van der Waals surface area contributed by atoms with E-state index in [2.05, 4.69) is 14.9 Å². The predicted octanol–water partition coefficient (Wildman–Crippen LogP) is 3.67. The molecule has 0 unspecified atom stereocenters. The Morgan fingerprint density at radius 2 is 1.44 bits per heavy atom. The molecular weight excluding hydrogens is 406 g/mol. The van der Waals surface area contributed by atoms with Crippen molar-refractivity contribution >= 4 is 28.2 Å². The largest absolute Gasteiger partial charge is 0.368 e. The van der Waals surface area contributed by atoms with Crippen LogP contribution in [-0.2, 0) is 0 Å². The molecule has 0 amide bonds. The number of nitro benzene ring substituents is 1. The fourth-order valence-corrected chi connectivity index (χ4v) is 4.14. The molecule has 9 nitrogen and oxygen atoms in total. The van der Waals surface area contributed by atoms with E-state index in [0.717, 1.165) is 65.9 Å². The summed E-state index contributed by atoms with van der Waals surface area (Å²) in [6.07, 6.45) is 0. The zero-order valence-corrected chi connectivity index (χ0v) is 18.0. The van der Waals surface area contributed by atoms with E-state index < -0.39 is 0 Å². The smallest absolute Gasteiger partial charge is 0.269 e. The van der Waals surface area contributed by atoms with Crippen molar-refractivity contribution in [3.05, 3.63) is 76.1 Å². The second kappa shape index (κ2) is 7.92. The first-order valence-corrected chi connectivity index (χ1v) is 10.5. The summed E-state index contributed by atoms with van der Waals surface area (Å²) in [5.74, 6) is 1.55. The SMILES string of the molecule is Cc1cc(C)n(-c2nc3ccccc3nc2N2CCN(c3ccc([N+](=O)[O-])cc3)CC2)n1. The van der Waals surface area contributed by atoms with Gasteiger partial charge in [0, 0.05) is 49.7 Å². The molecule has 0 saturated carbocycles. The van der Waals surface area contributed by atoms with Gasteiger partial charge in [0.25, 0.3) is 5.69 Å². The molecule has 0 bridgehead atoms. The van der Waals surface area contributed by atoms with E-state index in [0.29, 0.717) is 0 Å². The number of piperazine rings is 1. The fourth-order valence-electron chi connectivity index (χ4n) is 4.14. The Kier molecular flexibility index (Phi) is 4.93. The van der Waals surface area contributed by atoms with Gasteiger partial charge < -0.3 is 9.80 Å². The van der Waals surface area contributed by atoms with Gasteiger partial charge in [0.2, 0.25) is 0 Å². The van der Waals surface area contributed by atoms with Crippen LogP contribution >= 0.6 is 0 Å². The van der Waals surface area contributed by atoms with Crippen LogP contribution in [0.5, 0.6) is 0 Å². The number of hydrogen-bond acceptors (Lipinski definition) is 7. The molecule has 162 valence electrons. The minimum Gasteiger partial charge on any atom is -0.368 e. The van der Waals surface area contributed by atoms with Crippen LogP contribution in [-0.4, -0.2) is 50.9 Å². The minimum absolute atomic E-state index is 0.105. The molecule has 0 radical (unpaired) electrons. The van der Waals surface area contributed by atoms with Gasteiger partial charge in [-0.3, -0.25) is 10.1 Å². The van der Waals surface area contributed by atoms with Crippen molar-refractivity contribution in [2.24, 2.45) is 0 Å². The number of aryl methyl sites for hydroxylation is 2. The maximum atomic E-state index is 10.9. The highest BCUT2D eigenvalue weighted by Gasteiger charge is 2.24. The maximum absolute atomic E-state index is 10.9. The van der Waals surface area contributed by atoms with Gasteiger partial charge in [-0.25, -0.2) is 14.6 Å². The van der Waals surface area contributed by atoms with Crippen LogP contribution in [0.15, 0.2) is 54.6 Å². The van der Waals surface area contributed by atoms with Gasteiger partial charge in [-0.15, -0.1) is 0 Å². The Hall–Kier alpha value is -4.01. The van der Waals surface area contributed by atoms with Crippen molar-refractivity contribution in [1.82, 2.24) is 19.7 Å². The van der Waals surface area contributed by atoms with Gasteiger partial charge in [-0.05, 0) is 44.2 Å². The first-order valence-electron chi connectivity index (χ1n) is 10.5. The Bertz CT molecular complexity index is 1290. The molecule has 1 saturated heterocycles. The van der Waals surface area contributed by atoms with Crippen molar-refractivity contribution in [3.8, 4) is 5.82 Å². The number of nitro groups is 1. The maximum Gasteiger partial charge on any atom is 0.269 e. The van der Waals surface area contributed by atoms with E-state index in [1.54, 1.807) is 12.1 Å². The van der Waals surface area contributed by atoms with Crippen LogP contribution in [0.1, 0.15) is 11.4 Å². The number of nitrogens with zero attached hydrogens (tertiary/aromatic N) is 7. The minimum atomic E-state index is -0.374. The summed E-state index contributed by atoms with van der Waals surface area (Å²) in [6, 6.07) is 16.6. The highest BCUT2D eigenvalue weighted by Crippen LogP contribution is 2.27. The molecule has 5 rings (SSSR count). The predicted molar refractivity (Wildman–Crippen MR) is 124 cm³/mol. The standard InChI is InChI=1S/C23H23N7O2/c1-16-15-17(2)29(26-16)23-22(24-20-5-3-4-6-21(20)25-23)28-13-11-27(12-14-28)18-7-9-19(10-8-18)30(31)32/h3-10,15H,11-14H2,1-2H3. The summed E-state index contributed by atoms with van der Waals surface area (Å²) in [7, 11) is 0. The van der Waals surface area contributed by atoms with Crippen LogP contribution in [0.3, 0.4) is 0 Å². The second-order valence-corrected chi connectivity index (χ2v) is 7.95. The average molecular weight is 429 g/mol. The van der Waals surface area contributed by atoms with Gasteiger partial charge >= 0.3 is 0 Å². The molecule has 3 heterocycles. The Morgan fingerprint density at radius 1 is 0.844 bits per heavy atom. The fraction of sp³-hybridized carbons (Fsp3) is 0.261. The molecule has 32 heavy (non-hydrogen) atoms. The molecule has 0 atom stereocenters. The first kappa shape index (κ1) is 19.9. The first-order chi connectivity index (χ1) is 15.5. The third-order valence-corrected chi connectivity index (χ3v) is 5.75. The number of aromatic nitrogens is 4. The molecule has 4 aromatic rings. The number of fused-ring (bicyclic) bond motifs is 1. The highest BCUT2D eigenvalue weighted by atomic mass is 16.6. The van der Waals surface area contributed by atoms with Gasteiger partial charge in [-0.2, -0.15) is 5.10 Å². The van der Waals surface area contributed by atoms with E-state index in [-0.39, 0.29) is 10.6 Å². The molecule has 0 aliphatic carbocycles. The van der Waals surface area contributed by atoms with Crippen LogP contribution in [0.2, 0.25) is 0 Å². The van der Waals surface area contributed by atoms with Crippen molar-refractivity contribution in [2.75, 3.05) is 36.0 Å². The molecule has 0 spiro atoms. The Balaban J connectivity index is 1.45. The molecule has 9 heteroatoms. The van der Waals surface area contributed by atoms with E-state index in [1.165, 1.54) is 0 Å². The second-order valence-electron chi connectivity index (χ2n) is 7.95. The number of hydrogen-bond donors (Lipinski definition) is 0. The van der Waals surface area contributed by atoms with Crippen LogP contribution in [0.4, 0.5) is 17.2 Å². The van der Waals surface area contributed by atoms with Gasteiger partial charge in [-0.1, -0.05) is 12.1 Å². The molecule has 2 aromatic heterocycles. The van der Waals surface area contributed by atoms with Crippen molar-refractivity contribution < 1.29 is 4.92 Å². The summed E-state index contributed by atoms with van der Waals surface area (Å²) in [4.78, 5) is 24.9. The Labute approximate surface area is 185 Å². The topological polar surface area (TPSA) is 93.2 Å². The number of rotatable bonds is 4. The zero-order chi connectivity index (χ0) is 22.2. The van der Waals surface area contributed by atoms with Crippen LogP contribution in [0, 0.1) is 24.0 Å². The lowest BCUT2D eigenvalue weighted by molar-refractivity contribution is -0.384. The van der Waals surface area contributed by atoms with Crippen molar-refractivity contribution in [3.63, 3.8) is 0 Å². The van der Waals surface area contributed by atoms with Gasteiger partial charge in [0.05, 0.1) is 21.7 Å². The molecule has 1 fully saturated rings. The monoisotopic (exact) mass is 429 g/mol. The lowest BCUT2D eigenvalue weighted by Crippen LogP contribution is -2.47. The lowest BCUT2D eigenvalue weighted by Gasteiger charge is -2.37. The van der Waals surface area contributed by atoms with Crippen LogP contribution in [0.25, 0.3) is 16.9 Å². The lowest BCUT2D eigenvalue weighted by atomic mass is 10.2. The average Bonchev–Trinajstić information content (AvgIpc) is 3.16. The van der Waals surface area contributed by atoms with E-state index in [4.69, 9.17) is 9.97 Å². The number of para-hydroxylation sites is 2. The zero-order valence-electron chi connectivity index (χ0n) is 18.0. The van der Waals surface area contributed by atoms with Crippen molar-refractivity contribution in [2.45, 2.75) is 13.8 Å². The summed E-state index contributed by atoms with van der Waals surface area (Å²) in [5.41, 5.74) is 4.73. The molecule has 1 aliphatic heterocycles. The highest BCUT2D eigenvalue weighted by molar-refractivity contribution is 5.78. The normalized spacial score (nSPS) is 14.2. The number of benzene rings is 2. The third-order valence-electron chi connectivity index (χ3n) is 5.75. The summed E-state index contributed by atoms with van der Waals surface area (Å²) < 4.78 is 1.87. The summed E-state index contributed by atoms with van der Waals surface area (Å²) in [5, 5.41) is 15.6. The van der Waals surface area contributed by atoms with Gasteiger partial charge in [0.15, 0.2) is 11.6 Å². The van der Waals surface area contributed by atoms with Gasteiger partial charge in [0.1, 0.15) is 0 Å². The van der Waals surface area contributed by atoms with E-state index in [9.17, 15) is 10.1 Å². The third kappa shape index (κ3) is 3.62. The quantitative estimate of drug-likeness (QED) is 0.361.